The van der Waals surface area contributed by atoms with E-state index in [-0.39, 0.29) is 5.41 Å². The largest absolute Gasteiger partial charge is 0.344 e. The van der Waals surface area contributed by atoms with E-state index in [0.29, 0.717) is 0 Å². The van der Waals surface area contributed by atoms with Gasteiger partial charge in [0.15, 0.2) is 6.54 Å². The molecule has 3 aliphatic rings. The first-order chi connectivity index (χ1) is 17.1. The number of halogens is 1. The zero-order valence-corrected chi connectivity index (χ0v) is 22.8. The van der Waals surface area contributed by atoms with Gasteiger partial charge in [-0.2, -0.15) is 0 Å². The van der Waals surface area contributed by atoms with E-state index < -0.39 is 0 Å². The van der Waals surface area contributed by atoms with Crippen molar-refractivity contribution >= 4 is 34.1 Å². The minimum atomic E-state index is -0.125. The van der Waals surface area contributed by atoms with Crippen molar-refractivity contribution in [1.29, 1.82) is 0 Å². The fourth-order valence-electron chi connectivity index (χ4n) is 6.22. The molecule has 0 spiro atoms. The molecule has 4 heteroatoms. The van der Waals surface area contributed by atoms with E-state index >= 15 is 0 Å². The highest BCUT2D eigenvalue weighted by molar-refractivity contribution is 8.14. The average molecular weight is 506 g/mol. The molecule has 1 saturated carbocycles. The van der Waals surface area contributed by atoms with Crippen LogP contribution in [0.15, 0.2) is 72.5 Å². The number of fused-ring (bicyclic) bond motifs is 1. The molecule has 0 saturated heterocycles. The molecule has 2 aromatic carbocycles. The lowest BCUT2D eigenvalue weighted by atomic mass is 9.76. The molecule has 0 N–H and O–H groups in total. The molecule has 184 valence electrons. The Balaban J connectivity index is 1.54. The van der Waals surface area contributed by atoms with Crippen LogP contribution < -0.4 is 4.90 Å². The standard InChI is InChI=1S/C31H38ClN2S/c1-3-33-20-21-35-30(33)15-9-14-29-31(2,23-25-12-5-4-6-13-25)27-22-26(32)16-17-28(27)34(29)19-18-24-10-7-8-11-24/h4-6,9,12-17,22,24H,3,7-8,10-11,18-21,23H2,1-2H3/q+1. The molecule has 1 unspecified atom stereocenters. The number of nitrogens with zero attached hydrogens (tertiary/aromatic N) is 2. The highest BCUT2D eigenvalue weighted by Gasteiger charge is 2.43. The minimum absolute atomic E-state index is 0.125. The lowest BCUT2D eigenvalue weighted by Crippen LogP contribution is -2.31. The second kappa shape index (κ2) is 11.0. The topological polar surface area (TPSA) is 6.25 Å². The Labute approximate surface area is 220 Å². The Morgan fingerprint density at radius 3 is 2.71 bits per heavy atom. The van der Waals surface area contributed by atoms with Gasteiger partial charge in [-0.05, 0) is 68.0 Å². The Bertz CT molecular complexity index is 1130. The van der Waals surface area contributed by atoms with Gasteiger partial charge in [-0.3, -0.25) is 0 Å². The van der Waals surface area contributed by atoms with Crippen molar-refractivity contribution in [3.63, 3.8) is 0 Å². The Hall–Kier alpha value is -1.97. The molecule has 1 aliphatic carbocycles. The first kappa shape index (κ1) is 24.7. The van der Waals surface area contributed by atoms with Crippen LogP contribution in [-0.2, 0) is 11.8 Å². The number of allylic oxidation sites excluding steroid dienone is 3. The molecule has 2 heterocycles. The second-order valence-electron chi connectivity index (χ2n) is 10.4. The molecule has 0 amide bonds. The molecule has 2 nitrogen and oxygen atoms in total. The van der Waals surface area contributed by atoms with Gasteiger partial charge in [0.1, 0.15) is 6.54 Å². The van der Waals surface area contributed by atoms with E-state index in [1.54, 1.807) is 0 Å². The first-order valence-electron chi connectivity index (χ1n) is 13.3. The summed E-state index contributed by atoms with van der Waals surface area (Å²) in [5, 5.41) is 2.22. The summed E-state index contributed by atoms with van der Waals surface area (Å²) in [5.41, 5.74) is 5.34. The fourth-order valence-corrected chi connectivity index (χ4v) is 7.49. The zero-order chi connectivity index (χ0) is 24.3. The van der Waals surface area contributed by atoms with E-state index in [1.165, 1.54) is 65.4 Å². The third-order valence-corrected chi connectivity index (χ3v) is 9.45. The quantitative estimate of drug-likeness (QED) is 0.337. The van der Waals surface area contributed by atoms with Gasteiger partial charge < -0.3 is 4.90 Å². The van der Waals surface area contributed by atoms with Gasteiger partial charge in [-0.25, -0.2) is 4.58 Å². The number of anilines is 1. The van der Waals surface area contributed by atoms with Crippen LogP contribution in [0.5, 0.6) is 0 Å². The van der Waals surface area contributed by atoms with Crippen LogP contribution in [0.2, 0.25) is 5.02 Å². The van der Waals surface area contributed by atoms with Crippen LogP contribution in [0.25, 0.3) is 0 Å². The Morgan fingerprint density at radius 1 is 1.14 bits per heavy atom. The molecule has 2 aromatic rings. The molecule has 35 heavy (non-hydrogen) atoms. The third-order valence-electron chi connectivity index (χ3n) is 8.13. The summed E-state index contributed by atoms with van der Waals surface area (Å²) < 4.78 is 2.48. The second-order valence-corrected chi connectivity index (χ2v) is 12.0. The summed E-state index contributed by atoms with van der Waals surface area (Å²) in [7, 11) is 0. The Kier molecular flexibility index (Phi) is 7.74. The number of benzene rings is 2. The van der Waals surface area contributed by atoms with Crippen molar-refractivity contribution in [1.82, 2.24) is 0 Å². The SMILES string of the molecule is CC[N+]1=C(/C=C/C=C2/N(CCC3CCCC3)c3ccc(Cl)cc3C2(C)Cc2ccccc2)SCC1. The van der Waals surface area contributed by atoms with Gasteiger partial charge in [-0.1, -0.05) is 85.5 Å². The predicted molar refractivity (Wildman–Crippen MR) is 153 cm³/mol. The molecular weight excluding hydrogens is 468 g/mol. The molecular formula is C31H38ClN2S+. The summed E-state index contributed by atoms with van der Waals surface area (Å²) in [6, 6.07) is 17.5. The van der Waals surface area contributed by atoms with Crippen LogP contribution >= 0.6 is 23.4 Å². The molecule has 5 rings (SSSR count). The van der Waals surface area contributed by atoms with Crippen molar-refractivity contribution in [3.8, 4) is 0 Å². The summed E-state index contributed by atoms with van der Waals surface area (Å²) in [6.45, 7) is 7.97. The molecule has 1 fully saturated rings. The minimum Gasteiger partial charge on any atom is -0.344 e. The summed E-state index contributed by atoms with van der Waals surface area (Å²) in [6.07, 6.45) is 14.8. The van der Waals surface area contributed by atoms with Gasteiger partial charge in [0.2, 0.25) is 5.04 Å². The summed E-state index contributed by atoms with van der Waals surface area (Å²) in [5.74, 6) is 2.06. The third kappa shape index (κ3) is 5.27. The molecule has 0 aromatic heterocycles. The summed E-state index contributed by atoms with van der Waals surface area (Å²) in [4.78, 5) is 2.61. The number of thioether (sulfide) groups is 1. The highest BCUT2D eigenvalue weighted by atomic mass is 35.5. The van der Waals surface area contributed by atoms with Gasteiger partial charge in [0, 0.05) is 34.4 Å². The van der Waals surface area contributed by atoms with E-state index in [2.05, 4.69) is 90.1 Å². The van der Waals surface area contributed by atoms with Crippen LogP contribution in [-0.4, -0.2) is 35.0 Å². The molecule has 1 atom stereocenters. The zero-order valence-electron chi connectivity index (χ0n) is 21.2. The highest BCUT2D eigenvalue weighted by Crippen LogP contribution is 2.51. The van der Waals surface area contributed by atoms with Crippen molar-refractivity contribution < 1.29 is 4.58 Å². The van der Waals surface area contributed by atoms with Crippen LogP contribution in [0.4, 0.5) is 5.69 Å². The average Bonchev–Trinajstić information content (AvgIpc) is 3.59. The van der Waals surface area contributed by atoms with Gasteiger partial charge >= 0.3 is 0 Å². The van der Waals surface area contributed by atoms with Gasteiger partial charge in [0.05, 0.1) is 5.75 Å². The lowest BCUT2D eigenvalue weighted by Gasteiger charge is -2.31. The van der Waals surface area contributed by atoms with E-state index in [9.17, 15) is 0 Å². The normalized spacial score (nSPS) is 23.9. The maximum atomic E-state index is 6.59. The first-order valence-corrected chi connectivity index (χ1v) is 14.7. The number of hydrogen-bond donors (Lipinski definition) is 0. The van der Waals surface area contributed by atoms with Crippen LogP contribution in [0.1, 0.15) is 57.1 Å². The summed E-state index contributed by atoms with van der Waals surface area (Å²) >= 11 is 8.56. The van der Waals surface area contributed by atoms with Crippen LogP contribution in [0.3, 0.4) is 0 Å². The molecule has 0 bridgehead atoms. The monoisotopic (exact) mass is 505 g/mol. The fraction of sp³-hybridized carbons (Fsp3) is 0.452. The van der Waals surface area contributed by atoms with E-state index in [1.807, 2.05) is 11.8 Å². The van der Waals surface area contributed by atoms with Gasteiger partial charge in [0.25, 0.3) is 0 Å². The van der Waals surface area contributed by atoms with Crippen molar-refractivity contribution in [3.05, 3.63) is 88.6 Å². The number of hydrogen-bond acceptors (Lipinski definition) is 2. The maximum Gasteiger partial charge on any atom is 0.234 e. The van der Waals surface area contributed by atoms with Crippen molar-refractivity contribution in [2.45, 2.75) is 57.8 Å². The predicted octanol–water partition coefficient (Wildman–Crippen LogP) is 7.86. The maximum absolute atomic E-state index is 6.59. The van der Waals surface area contributed by atoms with E-state index in [0.717, 1.165) is 37.0 Å². The van der Waals surface area contributed by atoms with Crippen molar-refractivity contribution in [2.75, 3.05) is 30.3 Å². The van der Waals surface area contributed by atoms with Crippen molar-refractivity contribution in [2.24, 2.45) is 5.92 Å². The molecule has 2 aliphatic heterocycles. The Morgan fingerprint density at radius 2 is 1.94 bits per heavy atom. The smallest absolute Gasteiger partial charge is 0.234 e. The number of rotatable bonds is 8. The molecule has 0 radical (unpaired) electrons. The van der Waals surface area contributed by atoms with Gasteiger partial charge in [-0.15, -0.1) is 0 Å². The van der Waals surface area contributed by atoms with Crippen LogP contribution in [0, 0.1) is 5.92 Å². The van der Waals surface area contributed by atoms with E-state index in [4.69, 9.17) is 11.6 Å². The lowest BCUT2D eigenvalue weighted by molar-refractivity contribution is -0.513.